The second-order valence-corrected chi connectivity index (χ2v) is 7.55. The van der Waals surface area contributed by atoms with Gasteiger partial charge in [-0.25, -0.2) is 0 Å². The lowest BCUT2D eigenvalue weighted by Gasteiger charge is -2.30. The molecule has 0 aliphatic carbocycles. The first-order chi connectivity index (χ1) is 14.5. The average molecular weight is 411 g/mol. The van der Waals surface area contributed by atoms with Gasteiger partial charge in [-0.05, 0) is 23.3 Å². The van der Waals surface area contributed by atoms with Gasteiger partial charge in [0, 0.05) is 19.9 Å². The highest BCUT2D eigenvalue weighted by Gasteiger charge is 2.53. The quantitative estimate of drug-likeness (QED) is 0.677. The van der Waals surface area contributed by atoms with Crippen molar-refractivity contribution in [1.29, 1.82) is 0 Å². The van der Waals surface area contributed by atoms with Crippen molar-refractivity contribution >= 4 is 11.9 Å². The summed E-state index contributed by atoms with van der Waals surface area (Å²) >= 11 is 0. The van der Waals surface area contributed by atoms with Crippen LogP contribution in [0.3, 0.4) is 0 Å². The number of hydrogen-bond acceptors (Lipinski definition) is 7. The van der Waals surface area contributed by atoms with Gasteiger partial charge in [0.15, 0.2) is 0 Å². The van der Waals surface area contributed by atoms with E-state index < -0.39 is 18.0 Å². The number of rotatable bonds is 6. The molecule has 0 unspecified atom stereocenters. The van der Waals surface area contributed by atoms with Crippen molar-refractivity contribution in [2.75, 3.05) is 13.7 Å². The molecule has 0 N–H and O–H groups in total. The summed E-state index contributed by atoms with van der Waals surface area (Å²) in [7, 11) is 1.62. The summed E-state index contributed by atoms with van der Waals surface area (Å²) in [4.78, 5) is 30.3. The smallest absolute Gasteiger partial charge is 0.314 e. The van der Waals surface area contributed by atoms with Crippen molar-refractivity contribution in [3.05, 3.63) is 65.7 Å². The van der Waals surface area contributed by atoms with E-state index in [-0.39, 0.29) is 24.7 Å². The van der Waals surface area contributed by atoms with Crippen LogP contribution in [-0.4, -0.2) is 42.9 Å². The van der Waals surface area contributed by atoms with Crippen molar-refractivity contribution in [3.63, 3.8) is 0 Å². The van der Waals surface area contributed by atoms with Crippen LogP contribution < -0.4 is 4.74 Å². The Labute approximate surface area is 175 Å². The van der Waals surface area contributed by atoms with Gasteiger partial charge in [0.25, 0.3) is 0 Å². The number of nitrogens with zero attached hydrogens (tertiary/aromatic N) is 1. The van der Waals surface area contributed by atoms with Crippen LogP contribution >= 0.6 is 0 Å². The number of methoxy groups -OCH3 is 1. The third-order valence-corrected chi connectivity index (χ3v) is 5.48. The van der Waals surface area contributed by atoms with E-state index in [2.05, 4.69) is 0 Å². The average Bonchev–Trinajstić information content (AvgIpc) is 3.11. The zero-order valence-electron chi connectivity index (χ0n) is 17.0. The van der Waals surface area contributed by atoms with Crippen LogP contribution in [0.15, 0.2) is 54.6 Å². The number of esters is 2. The van der Waals surface area contributed by atoms with Gasteiger partial charge in [-0.2, -0.15) is 5.06 Å². The van der Waals surface area contributed by atoms with Gasteiger partial charge in [0.1, 0.15) is 24.4 Å². The second kappa shape index (κ2) is 8.85. The number of ether oxygens (including phenoxy) is 3. The van der Waals surface area contributed by atoms with Crippen LogP contribution in [0.1, 0.15) is 30.5 Å². The Kier molecular flexibility index (Phi) is 6.01. The molecule has 0 radical (unpaired) electrons. The molecule has 2 saturated heterocycles. The molecule has 7 heteroatoms. The minimum absolute atomic E-state index is 0.0412. The summed E-state index contributed by atoms with van der Waals surface area (Å²) in [5.41, 5.74) is 2.04. The van der Waals surface area contributed by atoms with Crippen molar-refractivity contribution in [2.45, 2.75) is 38.1 Å². The highest BCUT2D eigenvalue weighted by molar-refractivity contribution is 5.76. The van der Waals surface area contributed by atoms with Crippen LogP contribution in [0.5, 0.6) is 5.75 Å². The molecule has 2 heterocycles. The molecule has 0 saturated carbocycles. The first-order valence-corrected chi connectivity index (χ1v) is 10.0. The first-order valence-electron chi connectivity index (χ1n) is 10.0. The van der Waals surface area contributed by atoms with Crippen LogP contribution in [0, 0.1) is 5.92 Å². The Hall–Kier alpha value is -2.90. The summed E-state index contributed by atoms with van der Waals surface area (Å²) in [6, 6.07) is 17.3. The van der Waals surface area contributed by atoms with E-state index in [1.165, 1.54) is 6.92 Å². The zero-order valence-corrected chi connectivity index (χ0v) is 17.0. The Morgan fingerprint density at radius 1 is 1.13 bits per heavy atom. The molecule has 2 aliphatic heterocycles. The number of carbonyl (C=O) groups is 2. The number of carbonyl (C=O) groups excluding carboxylic acids is 2. The number of fused-ring (bicyclic) bond motifs is 1. The molecule has 0 amide bonds. The molecule has 158 valence electrons. The Balaban J connectivity index is 1.60. The number of hydrogen-bond donors (Lipinski definition) is 0. The molecule has 0 bridgehead atoms. The van der Waals surface area contributed by atoms with Crippen molar-refractivity contribution in [1.82, 2.24) is 5.06 Å². The molecular weight excluding hydrogens is 386 g/mol. The summed E-state index contributed by atoms with van der Waals surface area (Å²) in [5.74, 6) is -0.450. The van der Waals surface area contributed by atoms with Gasteiger partial charge in [0.05, 0.1) is 19.3 Å². The van der Waals surface area contributed by atoms with Gasteiger partial charge >= 0.3 is 11.9 Å². The molecule has 2 aromatic rings. The summed E-state index contributed by atoms with van der Waals surface area (Å²) in [6.07, 6.45) is -0.375. The molecular formula is C23H25NO6. The summed E-state index contributed by atoms with van der Waals surface area (Å²) < 4.78 is 15.9. The minimum Gasteiger partial charge on any atom is -0.497 e. The fourth-order valence-electron chi connectivity index (χ4n) is 4.09. The molecule has 0 aromatic heterocycles. The van der Waals surface area contributed by atoms with E-state index in [0.717, 1.165) is 16.9 Å². The van der Waals surface area contributed by atoms with E-state index in [0.29, 0.717) is 13.0 Å². The second-order valence-electron chi connectivity index (χ2n) is 7.55. The number of hydroxylamine groups is 2. The van der Waals surface area contributed by atoms with E-state index in [4.69, 9.17) is 19.0 Å². The van der Waals surface area contributed by atoms with E-state index in [1.807, 2.05) is 59.7 Å². The Bertz CT molecular complexity index is 884. The number of benzene rings is 2. The van der Waals surface area contributed by atoms with Gasteiger partial charge in [-0.15, -0.1) is 0 Å². The van der Waals surface area contributed by atoms with E-state index in [1.54, 1.807) is 7.11 Å². The lowest BCUT2D eigenvalue weighted by molar-refractivity contribution is -0.193. The third-order valence-electron chi connectivity index (χ3n) is 5.48. The molecule has 30 heavy (non-hydrogen) atoms. The Morgan fingerprint density at radius 3 is 2.53 bits per heavy atom. The van der Waals surface area contributed by atoms with Gasteiger partial charge in [-0.3, -0.25) is 14.4 Å². The van der Waals surface area contributed by atoms with E-state index in [9.17, 15) is 9.59 Å². The van der Waals surface area contributed by atoms with Gasteiger partial charge in [-0.1, -0.05) is 42.5 Å². The highest BCUT2D eigenvalue weighted by atomic mass is 16.7. The molecule has 2 aromatic carbocycles. The van der Waals surface area contributed by atoms with Crippen LogP contribution in [0.2, 0.25) is 0 Å². The lowest BCUT2D eigenvalue weighted by atomic mass is 9.85. The van der Waals surface area contributed by atoms with Crippen molar-refractivity contribution < 1.29 is 28.6 Å². The maximum atomic E-state index is 12.9. The fraction of sp³-hybridized carbons (Fsp3) is 0.391. The lowest BCUT2D eigenvalue weighted by Crippen LogP contribution is -2.42. The van der Waals surface area contributed by atoms with Gasteiger partial charge in [0.2, 0.25) is 0 Å². The van der Waals surface area contributed by atoms with Crippen LogP contribution in [0.25, 0.3) is 0 Å². The van der Waals surface area contributed by atoms with Crippen LogP contribution in [0.4, 0.5) is 0 Å². The maximum absolute atomic E-state index is 12.9. The standard InChI is InChI=1S/C23H25NO6/c1-15(25)28-14-19-12-20-21(23(26)29-19)22(17-8-10-18(27-2)11-9-17)24(30-20)13-16-6-4-3-5-7-16/h3-11,19-22H,12-14H2,1-2H3/t19-,20+,21-,22+/m0/s1. The summed E-state index contributed by atoms with van der Waals surface area (Å²) in [5, 5.41) is 1.86. The summed E-state index contributed by atoms with van der Waals surface area (Å²) in [6.45, 7) is 1.91. The molecule has 4 rings (SSSR count). The van der Waals surface area contributed by atoms with Gasteiger partial charge < -0.3 is 14.2 Å². The molecule has 7 nitrogen and oxygen atoms in total. The first kappa shape index (κ1) is 20.4. The fourth-order valence-corrected chi connectivity index (χ4v) is 4.09. The minimum atomic E-state index is -0.504. The highest BCUT2D eigenvalue weighted by Crippen LogP contribution is 2.45. The zero-order chi connectivity index (χ0) is 21.1. The monoisotopic (exact) mass is 411 g/mol. The molecule has 2 fully saturated rings. The Morgan fingerprint density at radius 2 is 1.87 bits per heavy atom. The topological polar surface area (TPSA) is 74.3 Å². The van der Waals surface area contributed by atoms with E-state index >= 15 is 0 Å². The molecule has 4 atom stereocenters. The molecule has 0 spiro atoms. The largest absolute Gasteiger partial charge is 0.497 e. The predicted octanol–water partition coefficient (Wildman–Crippen LogP) is 3.05. The maximum Gasteiger partial charge on any atom is 0.314 e. The predicted molar refractivity (Wildman–Crippen MR) is 107 cm³/mol. The SMILES string of the molecule is COc1ccc([C@@H]2[C@H]3C(=O)O[C@H](COC(C)=O)C[C@H]3ON2Cc2ccccc2)cc1. The molecule has 2 aliphatic rings. The third kappa shape index (κ3) is 4.32. The van der Waals surface area contributed by atoms with Crippen LogP contribution in [-0.2, 0) is 30.4 Å². The normalized spacial score (nSPS) is 26.0. The number of cyclic esters (lactones) is 1. The van der Waals surface area contributed by atoms with Crippen molar-refractivity contribution in [3.8, 4) is 5.75 Å². The van der Waals surface area contributed by atoms with Crippen molar-refractivity contribution in [2.24, 2.45) is 5.92 Å².